The molecule has 0 radical (unpaired) electrons. The fraction of sp³-hybridized carbons (Fsp3) is 0.594. The van der Waals surface area contributed by atoms with E-state index in [9.17, 15) is 18.3 Å². The molecule has 2 saturated heterocycles. The lowest BCUT2D eigenvalue weighted by Gasteiger charge is -2.36. The molecule has 0 spiro atoms. The van der Waals surface area contributed by atoms with Crippen LogP contribution in [0.4, 0.5) is 10.5 Å². The highest BCUT2D eigenvalue weighted by atomic mass is 32.2. The van der Waals surface area contributed by atoms with Crippen molar-refractivity contribution in [2.75, 3.05) is 38.7 Å². The first-order chi connectivity index (χ1) is 21.0. The number of carbonyl (C=O) groups is 1. The number of hydrogen-bond acceptors (Lipinski definition) is 10. The van der Waals surface area contributed by atoms with Gasteiger partial charge in [-0.1, -0.05) is 56.7 Å². The van der Waals surface area contributed by atoms with Gasteiger partial charge in [0.05, 0.1) is 36.2 Å². The van der Waals surface area contributed by atoms with Crippen molar-refractivity contribution < 1.29 is 32.5 Å². The van der Waals surface area contributed by atoms with Crippen molar-refractivity contribution in [3.05, 3.63) is 60.2 Å². The highest BCUT2D eigenvalue weighted by Gasteiger charge is 2.44. The minimum Gasteiger partial charge on any atom is -0.443 e. The number of sulfone groups is 1. The van der Waals surface area contributed by atoms with Gasteiger partial charge in [-0.25, -0.2) is 13.2 Å². The van der Waals surface area contributed by atoms with Gasteiger partial charge in [0, 0.05) is 19.3 Å². The molecule has 2 heterocycles. The summed E-state index contributed by atoms with van der Waals surface area (Å²) >= 11 is 0. The molecule has 1 unspecified atom stereocenters. The van der Waals surface area contributed by atoms with Gasteiger partial charge in [-0.3, -0.25) is 5.32 Å². The van der Waals surface area contributed by atoms with Gasteiger partial charge in [0.25, 0.3) is 0 Å². The largest absolute Gasteiger partial charge is 0.443 e. The van der Waals surface area contributed by atoms with Crippen LogP contribution < -0.4 is 21.7 Å². The van der Waals surface area contributed by atoms with Crippen LogP contribution in [-0.4, -0.2) is 82.9 Å². The molecule has 4 rings (SSSR count). The van der Waals surface area contributed by atoms with E-state index in [1.807, 2.05) is 44.2 Å². The fourth-order valence-electron chi connectivity index (χ4n) is 6.02. The lowest BCUT2D eigenvalue weighted by molar-refractivity contribution is -0.0907. The smallest absolute Gasteiger partial charge is 0.407 e. The second-order valence-corrected chi connectivity index (χ2v) is 14.4. The molecule has 6 N–H and O–H groups in total. The van der Waals surface area contributed by atoms with Crippen molar-refractivity contribution in [1.82, 2.24) is 10.6 Å². The first-order valence-electron chi connectivity index (χ1n) is 15.4. The number of alkyl carbamates (subject to hydrolysis) is 1. The number of benzene rings is 2. The van der Waals surface area contributed by atoms with Gasteiger partial charge >= 0.3 is 6.09 Å². The third kappa shape index (κ3) is 8.70. The Morgan fingerprint density at radius 2 is 1.91 bits per heavy atom. The fourth-order valence-corrected chi connectivity index (χ4v) is 8.12. The zero-order valence-electron chi connectivity index (χ0n) is 25.9. The van der Waals surface area contributed by atoms with Gasteiger partial charge in [-0.15, -0.1) is 0 Å². The van der Waals surface area contributed by atoms with E-state index in [0.29, 0.717) is 31.7 Å². The summed E-state index contributed by atoms with van der Waals surface area (Å²) in [5.41, 5.74) is 6.60. The summed E-state index contributed by atoms with van der Waals surface area (Å²) in [6, 6.07) is 15.4. The lowest BCUT2D eigenvalue weighted by atomic mass is 9.86. The minimum absolute atomic E-state index is 0.0196. The van der Waals surface area contributed by atoms with Crippen LogP contribution in [0.1, 0.15) is 45.1 Å². The molecule has 1 amide bonds. The maximum absolute atomic E-state index is 14.1. The molecule has 0 aromatic heterocycles. The van der Waals surface area contributed by atoms with Gasteiger partial charge in [0.2, 0.25) is 0 Å². The number of hydrogen-bond donors (Lipinski definition) is 5. The van der Waals surface area contributed by atoms with Gasteiger partial charge in [0.15, 0.2) is 16.1 Å². The zero-order chi connectivity index (χ0) is 31.7. The second kappa shape index (κ2) is 15.5. The van der Waals surface area contributed by atoms with Gasteiger partial charge < -0.3 is 35.7 Å². The van der Waals surface area contributed by atoms with Crippen molar-refractivity contribution in [3.63, 3.8) is 0 Å². The van der Waals surface area contributed by atoms with E-state index in [0.717, 1.165) is 24.8 Å². The van der Waals surface area contributed by atoms with Crippen LogP contribution in [0.2, 0.25) is 0 Å². The molecular formula is C32H48N4O7S. The standard InChI is InChI=1S/C32H48N4O7S/c1-32(2,15-7-8-16-33)30(44(39,40)24-13-9-12-23(19-24)34-3)35-20-27(37)26(18-22-10-5-4-6-11-22)36-31(38)43-28-21-42-29-25(28)14-17-41-29/h4-6,9-13,19,25-30,34-35,37H,7-8,14-18,20-21,33H2,1-3H3,(H,36,38)/t25-,26-,27+,28-,29+,30?/m0/s1. The highest BCUT2D eigenvalue weighted by molar-refractivity contribution is 7.92. The summed E-state index contributed by atoms with van der Waals surface area (Å²) in [6.45, 7) is 5.07. The van der Waals surface area contributed by atoms with E-state index in [-0.39, 0.29) is 30.3 Å². The number of aliphatic hydroxyl groups is 1. The molecule has 11 nitrogen and oxygen atoms in total. The van der Waals surface area contributed by atoms with Crippen LogP contribution in [0.3, 0.4) is 0 Å². The molecule has 0 bridgehead atoms. The predicted octanol–water partition coefficient (Wildman–Crippen LogP) is 3.03. The van der Waals surface area contributed by atoms with Gasteiger partial charge in [0.1, 0.15) is 11.5 Å². The molecule has 2 fully saturated rings. The maximum atomic E-state index is 14.1. The lowest BCUT2D eigenvalue weighted by Crippen LogP contribution is -2.54. The Kier molecular flexibility index (Phi) is 12.0. The average Bonchev–Trinajstić information content (AvgIpc) is 3.62. The van der Waals surface area contributed by atoms with Crippen LogP contribution in [0.15, 0.2) is 59.5 Å². The molecule has 0 saturated carbocycles. The molecular weight excluding hydrogens is 584 g/mol. The number of amides is 1. The van der Waals surface area contributed by atoms with Crippen LogP contribution >= 0.6 is 0 Å². The summed E-state index contributed by atoms with van der Waals surface area (Å²) in [5, 5.41) is 19.5. The number of nitrogens with one attached hydrogen (secondary N) is 3. The maximum Gasteiger partial charge on any atom is 0.407 e. The molecule has 244 valence electrons. The highest BCUT2D eigenvalue weighted by Crippen LogP contribution is 2.35. The van der Waals surface area contributed by atoms with Gasteiger partial charge in [-0.2, -0.15) is 0 Å². The van der Waals surface area contributed by atoms with Crippen molar-refractivity contribution >= 4 is 21.6 Å². The minimum atomic E-state index is -3.89. The second-order valence-electron chi connectivity index (χ2n) is 12.3. The summed E-state index contributed by atoms with van der Waals surface area (Å²) in [5.74, 6) is -0.0196. The van der Waals surface area contributed by atoms with E-state index < -0.39 is 45.0 Å². The van der Waals surface area contributed by atoms with E-state index in [1.165, 1.54) is 0 Å². The number of rotatable bonds is 16. The molecule has 2 aromatic rings. The first kappa shape index (κ1) is 34.1. The quantitative estimate of drug-likeness (QED) is 0.174. The monoisotopic (exact) mass is 632 g/mol. The van der Waals surface area contributed by atoms with Crippen LogP contribution in [0, 0.1) is 11.3 Å². The summed E-state index contributed by atoms with van der Waals surface area (Å²) in [7, 11) is -2.15. The number of unbranched alkanes of at least 4 members (excludes halogenated alkanes) is 1. The normalized spacial score (nSPS) is 22.2. The van der Waals surface area contributed by atoms with E-state index in [4.69, 9.17) is 19.9 Å². The zero-order valence-corrected chi connectivity index (χ0v) is 26.7. The van der Waals surface area contributed by atoms with Crippen LogP contribution in [0.5, 0.6) is 0 Å². The first-order valence-corrected chi connectivity index (χ1v) is 17.0. The van der Waals surface area contributed by atoms with Crippen molar-refractivity contribution in [1.29, 1.82) is 0 Å². The van der Waals surface area contributed by atoms with E-state index >= 15 is 0 Å². The average molecular weight is 633 g/mol. The molecule has 44 heavy (non-hydrogen) atoms. The number of fused-ring (bicyclic) bond motifs is 1. The number of ether oxygens (including phenoxy) is 3. The third-order valence-electron chi connectivity index (χ3n) is 8.57. The third-order valence-corrected chi connectivity index (χ3v) is 10.9. The Bertz CT molecular complexity index is 1310. The van der Waals surface area contributed by atoms with Gasteiger partial charge in [-0.05, 0) is 61.4 Å². The molecule has 6 atom stereocenters. The Hall–Kier alpha value is -2.74. The molecule has 2 aromatic carbocycles. The number of carbonyl (C=O) groups excluding carboxylic acids is 1. The van der Waals surface area contributed by atoms with Crippen LogP contribution in [0.25, 0.3) is 0 Å². The Morgan fingerprint density at radius 3 is 2.64 bits per heavy atom. The Balaban J connectivity index is 1.52. The van der Waals surface area contributed by atoms with Crippen molar-refractivity contribution in [2.45, 2.75) is 80.8 Å². The Labute approximate surface area is 261 Å². The molecule has 0 aliphatic carbocycles. The number of anilines is 1. The Morgan fingerprint density at radius 1 is 1.14 bits per heavy atom. The molecule has 2 aliphatic heterocycles. The van der Waals surface area contributed by atoms with Crippen molar-refractivity contribution in [3.8, 4) is 0 Å². The number of nitrogens with two attached hydrogens (primary N) is 1. The van der Waals surface area contributed by atoms with E-state index in [2.05, 4.69) is 16.0 Å². The molecule has 12 heteroatoms. The van der Waals surface area contributed by atoms with Crippen molar-refractivity contribution in [2.24, 2.45) is 17.1 Å². The topological polar surface area (TPSA) is 161 Å². The summed E-state index contributed by atoms with van der Waals surface area (Å²) < 4.78 is 45.1. The molecule has 2 aliphatic rings. The SMILES string of the molecule is CNc1cccc(S(=O)(=O)C(NC[C@@H](O)[C@H](Cc2ccccc2)NC(=O)O[C@H]2CO[C@H]3OCC[C@H]32)C(C)(C)CCCCN)c1. The predicted molar refractivity (Wildman–Crippen MR) is 169 cm³/mol. The number of aliphatic hydroxyl groups excluding tert-OH is 1. The van der Waals surface area contributed by atoms with E-state index in [1.54, 1.807) is 31.3 Å². The summed E-state index contributed by atoms with van der Waals surface area (Å²) in [6.07, 6.45) is 0.615. The summed E-state index contributed by atoms with van der Waals surface area (Å²) in [4.78, 5) is 13.2. The van der Waals surface area contributed by atoms with Crippen LogP contribution in [-0.2, 0) is 30.5 Å².